The molecule has 0 bridgehead atoms. The van der Waals surface area contributed by atoms with E-state index >= 15 is 0 Å². The van der Waals surface area contributed by atoms with Gasteiger partial charge in [0.2, 0.25) is 0 Å². The molecule has 0 saturated carbocycles. The lowest BCUT2D eigenvalue weighted by atomic mass is 10.3. The van der Waals surface area contributed by atoms with Crippen LogP contribution in [0.1, 0.15) is 13.8 Å². The van der Waals surface area contributed by atoms with Crippen LogP contribution in [0.15, 0.2) is 0 Å². The van der Waals surface area contributed by atoms with E-state index in [0.717, 1.165) is 6.54 Å². The van der Waals surface area contributed by atoms with Crippen molar-refractivity contribution in [1.29, 1.82) is 0 Å². The van der Waals surface area contributed by atoms with E-state index in [9.17, 15) is 0 Å². The maximum absolute atomic E-state index is 8.51. The highest BCUT2D eigenvalue weighted by atomic mass is 16.7. The lowest BCUT2D eigenvalue weighted by molar-refractivity contribution is -0.137. The molecule has 72 valence electrons. The van der Waals surface area contributed by atoms with Crippen LogP contribution in [-0.4, -0.2) is 43.3 Å². The molecule has 4 heteroatoms. The molecule has 1 fully saturated rings. The predicted molar refractivity (Wildman–Crippen MR) is 44.9 cm³/mol. The summed E-state index contributed by atoms with van der Waals surface area (Å²) in [6.07, 6.45) is 0.117. The second-order valence-electron chi connectivity index (χ2n) is 3.38. The van der Waals surface area contributed by atoms with Crippen molar-refractivity contribution >= 4 is 0 Å². The first-order valence-corrected chi connectivity index (χ1v) is 4.27. The van der Waals surface area contributed by atoms with E-state index in [1.54, 1.807) is 0 Å². The summed E-state index contributed by atoms with van der Waals surface area (Å²) >= 11 is 0. The summed E-state index contributed by atoms with van der Waals surface area (Å²) in [5.41, 5.74) is 0. The maximum Gasteiger partial charge on any atom is 0.163 e. The molecule has 1 aliphatic heterocycles. The van der Waals surface area contributed by atoms with E-state index in [0.29, 0.717) is 13.2 Å². The van der Waals surface area contributed by atoms with Crippen LogP contribution in [0.4, 0.5) is 0 Å². The van der Waals surface area contributed by atoms with Gasteiger partial charge in [0.15, 0.2) is 5.79 Å². The zero-order valence-electron chi connectivity index (χ0n) is 7.67. The molecule has 0 radical (unpaired) electrons. The second kappa shape index (κ2) is 4.18. The van der Waals surface area contributed by atoms with Gasteiger partial charge < -0.3 is 19.9 Å². The van der Waals surface area contributed by atoms with E-state index < -0.39 is 5.79 Å². The van der Waals surface area contributed by atoms with Crippen LogP contribution in [0.25, 0.3) is 0 Å². The third-order valence-electron chi connectivity index (χ3n) is 1.73. The molecule has 0 aromatic carbocycles. The first-order chi connectivity index (χ1) is 5.64. The van der Waals surface area contributed by atoms with Crippen LogP contribution < -0.4 is 5.32 Å². The monoisotopic (exact) mass is 175 g/mol. The summed E-state index contributed by atoms with van der Waals surface area (Å²) in [5, 5.41) is 11.6. The zero-order chi connectivity index (χ0) is 9.03. The Morgan fingerprint density at radius 3 is 2.83 bits per heavy atom. The molecule has 1 aliphatic rings. The van der Waals surface area contributed by atoms with Gasteiger partial charge in [0.1, 0.15) is 0 Å². The molecule has 1 rings (SSSR count). The molecular formula is C8H17NO3. The fourth-order valence-electron chi connectivity index (χ4n) is 1.21. The number of ether oxygens (including phenoxy) is 2. The Kier molecular flexibility index (Phi) is 3.46. The molecule has 4 nitrogen and oxygen atoms in total. The first kappa shape index (κ1) is 9.92. The lowest BCUT2D eigenvalue weighted by Crippen LogP contribution is -2.31. The smallest absolute Gasteiger partial charge is 0.163 e. The number of aliphatic hydroxyl groups is 1. The molecule has 1 saturated heterocycles. The van der Waals surface area contributed by atoms with Gasteiger partial charge in [-0.2, -0.15) is 0 Å². The van der Waals surface area contributed by atoms with Crippen molar-refractivity contribution in [3.05, 3.63) is 0 Å². The number of hydrogen-bond acceptors (Lipinski definition) is 4. The Balaban J connectivity index is 2.11. The van der Waals surface area contributed by atoms with Crippen molar-refractivity contribution in [3.63, 3.8) is 0 Å². The SMILES string of the molecule is CC1(C)OCC(CNCCO)O1. The third kappa shape index (κ3) is 3.06. The summed E-state index contributed by atoms with van der Waals surface area (Å²) in [6.45, 7) is 5.95. The van der Waals surface area contributed by atoms with E-state index in [-0.39, 0.29) is 12.7 Å². The summed E-state index contributed by atoms with van der Waals surface area (Å²) in [7, 11) is 0. The molecule has 1 unspecified atom stereocenters. The van der Waals surface area contributed by atoms with Gasteiger partial charge in [0.25, 0.3) is 0 Å². The molecule has 0 aromatic heterocycles. The minimum absolute atomic E-state index is 0.117. The van der Waals surface area contributed by atoms with Gasteiger partial charge in [0.05, 0.1) is 19.3 Å². The topological polar surface area (TPSA) is 50.7 Å². The van der Waals surface area contributed by atoms with Gasteiger partial charge in [-0.25, -0.2) is 0 Å². The quantitative estimate of drug-likeness (QED) is 0.577. The lowest BCUT2D eigenvalue weighted by Gasteiger charge is -2.17. The van der Waals surface area contributed by atoms with E-state index in [2.05, 4.69) is 5.32 Å². The van der Waals surface area contributed by atoms with Crippen molar-refractivity contribution in [3.8, 4) is 0 Å². The van der Waals surface area contributed by atoms with Crippen molar-refractivity contribution in [1.82, 2.24) is 5.32 Å². The predicted octanol–water partition coefficient (Wildman–Crippen LogP) is -0.280. The molecule has 1 heterocycles. The highest BCUT2D eigenvalue weighted by Crippen LogP contribution is 2.21. The summed E-state index contributed by atoms with van der Waals surface area (Å²) < 4.78 is 10.9. The molecule has 0 amide bonds. The average Bonchev–Trinajstić information content (AvgIpc) is 2.31. The molecule has 0 aromatic rings. The van der Waals surface area contributed by atoms with Crippen molar-refractivity contribution in [2.24, 2.45) is 0 Å². The van der Waals surface area contributed by atoms with Gasteiger partial charge in [-0.05, 0) is 13.8 Å². The van der Waals surface area contributed by atoms with Gasteiger partial charge in [0, 0.05) is 13.1 Å². The molecule has 1 atom stereocenters. The van der Waals surface area contributed by atoms with Gasteiger partial charge in [-0.15, -0.1) is 0 Å². The molecule has 0 spiro atoms. The van der Waals surface area contributed by atoms with Crippen LogP contribution in [0.5, 0.6) is 0 Å². The van der Waals surface area contributed by atoms with Crippen LogP contribution in [0.2, 0.25) is 0 Å². The zero-order valence-corrected chi connectivity index (χ0v) is 7.67. The van der Waals surface area contributed by atoms with E-state index in [1.165, 1.54) is 0 Å². The Morgan fingerprint density at radius 2 is 2.33 bits per heavy atom. The van der Waals surface area contributed by atoms with Crippen LogP contribution in [0, 0.1) is 0 Å². The fourth-order valence-corrected chi connectivity index (χ4v) is 1.21. The van der Waals surface area contributed by atoms with Crippen molar-refractivity contribution < 1.29 is 14.6 Å². The van der Waals surface area contributed by atoms with E-state index in [4.69, 9.17) is 14.6 Å². The number of nitrogens with one attached hydrogen (secondary N) is 1. The van der Waals surface area contributed by atoms with Crippen molar-refractivity contribution in [2.75, 3.05) is 26.3 Å². The van der Waals surface area contributed by atoms with E-state index in [1.807, 2.05) is 13.8 Å². The molecule has 12 heavy (non-hydrogen) atoms. The van der Waals surface area contributed by atoms with Crippen LogP contribution >= 0.6 is 0 Å². The van der Waals surface area contributed by atoms with Gasteiger partial charge >= 0.3 is 0 Å². The fraction of sp³-hybridized carbons (Fsp3) is 1.00. The largest absolute Gasteiger partial charge is 0.395 e. The van der Waals surface area contributed by atoms with Gasteiger partial charge in [-0.1, -0.05) is 0 Å². The molecule has 2 N–H and O–H groups in total. The Bertz CT molecular complexity index is 138. The summed E-state index contributed by atoms with van der Waals surface area (Å²) in [4.78, 5) is 0. The Hall–Kier alpha value is -0.160. The third-order valence-corrected chi connectivity index (χ3v) is 1.73. The summed E-state index contributed by atoms with van der Waals surface area (Å²) in [5.74, 6) is -0.439. The Labute approximate surface area is 72.9 Å². The maximum atomic E-state index is 8.51. The average molecular weight is 175 g/mol. The van der Waals surface area contributed by atoms with Crippen LogP contribution in [0.3, 0.4) is 0 Å². The van der Waals surface area contributed by atoms with Gasteiger partial charge in [-0.3, -0.25) is 0 Å². The molecule has 0 aliphatic carbocycles. The highest BCUT2D eigenvalue weighted by molar-refractivity contribution is 4.72. The summed E-state index contributed by atoms with van der Waals surface area (Å²) in [6, 6.07) is 0. The highest BCUT2D eigenvalue weighted by Gasteiger charge is 2.31. The Morgan fingerprint density at radius 1 is 1.58 bits per heavy atom. The second-order valence-corrected chi connectivity index (χ2v) is 3.38. The number of aliphatic hydroxyl groups excluding tert-OH is 1. The van der Waals surface area contributed by atoms with Crippen molar-refractivity contribution in [2.45, 2.75) is 25.7 Å². The number of hydrogen-bond donors (Lipinski definition) is 2. The minimum atomic E-state index is -0.439. The minimum Gasteiger partial charge on any atom is -0.395 e. The standard InChI is InChI=1S/C8H17NO3/c1-8(2)11-6-7(12-8)5-9-3-4-10/h7,9-10H,3-6H2,1-2H3. The number of rotatable bonds is 4. The molecular weight excluding hydrogens is 158 g/mol. The normalized spacial score (nSPS) is 27.8. The van der Waals surface area contributed by atoms with Crippen LogP contribution in [-0.2, 0) is 9.47 Å². The first-order valence-electron chi connectivity index (χ1n) is 4.27.